The van der Waals surface area contributed by atoms with E-state index >= 15 is 0 Å². The molecule has 7 heteroatoms. The van der Waals surface area contributed by atoms with Crippen LogP contribution in [0, 0.1) is 13.8 Å². The highest BCUT2D eigenvalue weighted by Gasteiger charge is 2.15. The van der Waals surface area contributed by atoms with Gasteiger partial charge in [-0.3, -0.25) is 5.32 Å². The molecule has 2 aromatic heterocycles. The molecule has 0 saturated heterocycles. The summed E-state index contributed by atoms with van der Waals surface area (Å²) >= 11 is 0. The van der Waals surface area contributed by atoms with Gasteiger partial charge in [0.05, 0.1) is 19.4 Å². The van der Waals surface area contributed by atoms with E-state index in [2.05, 4.69) is 10.4 Å². The number of aryl methyl sites for hydroxylation is 2. The third kappa shape index (κ3) is 4.02. The van der Waals surface area contributed by atoms with E-state index in [9.17, 15) is 4.79 Å². The summed E-state index contributed by atoms with van der Waals surface area (Å²) in [5, 5.41) is 8.24. The highest BCUT2D eigenvalue weighted by atomic mass is 16.5. The minimum absolute atomic E-state index is 0.389. The van der Waals surface area contributed by atoms with E-state index in [0.717, 1.165) is 35.0 Å². The summed E-state index contributed by atoms with van der Waals surface area (Å²) in [6.45, 7) is 6.30. The molecule has 3 aromatic rings. The number of pyridine rings is 1. The van der Waals surface area contributed by atoms with Gasteiger partial charge in [-0.1, -0.05) is 25.5 Å². The SMILES string of the molecule is CCCCOC(=O)Nc1cc(C)nn1-c1cc(C)c2cccc(OC)c2n1. The van der Waals surface area contributed by atoms with Crippen LogP contribution < -0.4 is 10.1 Å². The molecule has 0 fully saturated rings. The first kappa shape index (κ1) is 18.7. The molecule has 0 aliphatic heterocycles. The predicted molar refractivity (Wildman–Crippen MR) is 105 cm³/mol. The monoisotopic (exact) mass is 368 g/mol. The van der Waals surface area contributed by atoms with Crippen LogP contribution >= 0.6 is 0 Å². The van der Waals surface area contributed by atoms with Gasteiger partial charge in [-0.15, -0.1) is 0 Å². The standard InChI is InChI=1S/C20H24N4O3/c1-5-6-10-27-20(25)22-18-12-14(3)23-24(18)17-11-13(2)15-8-7-9-16(26-4)19(15)21-17/h7-9,11-12H,5-6,10H2,1-4H3,(H,22,25). The van der Waals surface area contributed by atoms with Crippen molar-refractivity contribution in [2.75, 3.05) is 19.0 Å². The molecular formula is C20H24N4O3. The number of fused-ring (bicyclic) bond motifs is 1. The summed E-state index contributed by atoms with van der Waals surface area (Å²) in [5.74, 6) is 1.80. The smallest absolute Gasteiger partial charge is 0.412 e. The maximum atomic E-state index is 12.0. The highest BCUT2D eigenvalue weighted by Crippen LogP contribution is 2.28. The molecule has 3 rings (SSSR count). The van der Waals surface area contributed by atoms with Gasteiger partial charge in [0.25, 0.3) is 0 Å². The number of carbonyl (C=O) groups is 1. The number of nitrogens with zero attached hydrogens (tertiary/aromatic N) is 3. The normalized spacial score (nSPS) is 10.8. The number of hydrogen-bond donors (Lipinski definition) is 1. The fourth-order valence-corrected chi connectivity index (χ4v) is 2.86. The molecule has 2 heterocycles. The summed E-state index contributed by atoms with van der Waals surface area (Å²) < 4.78 is 12.2. The number of unbranched alkanes of at least 4 members (excludes halogenated alkanes) is 1. The first-order valence-electron chi connectivity index (χ1n) is 8.98. The Labute approximate surface area is 158 Å². The van der Waals surface area contributed by atoms with Crippen LogP contribution in [0.5, 0.6) is 5.75 Å². The van der Waals surface area contributed by atoms with Crippen LogP contribution in [0.2, 0.25) is 0 Å². The van der Waals surface area contributed by atoms with Crippen molar-refractivity contribution >= 4 is 22.8 Å². The third-order valence-electron chi connectivity index (χ3n) is 4.23. The molecule has 0 aliphatic rings. The van der Waals surface area contributed by atoms with Gasteiger partial charge < -0.3 is 9.47 Å². The first-order chi connectivity index (χ1) is 13.0. The van der Waals surface area contributed by atoms with Crippen LogP contribution in [0.15, 0.2) is 30.3 Å². The van der Waals surface area contributed by atoms with Crippen LogP contribution in [0.3, 0.4) is 0 Å². The van der Waals surface area contributed by atoms with E-state index in [4.69, 9.17) is 14.5 Å². The van der Waals surface area contributed by atoms with Crippen molar-refractivity contribution in [3.05, 3.63) is 41.6 Å². The molecule has 0 radical (unpaired) electrons. The summed E-state index contributed by atoms with van der Waals surface area (Å²) in [5.41, 5.74) is 2.55. The second kappa shape index (κ2) is 8.07. The Morgan fingerprint density at radius 3 is 2.81 bits per heavy atom. The fraction of sp³-hybridized carbons (Fsp3) is 0.350. The van der Waals surface area contributed by atoms with E-state index in [1.54, 1.807) is 17.9 Å². The second-order valence-corrected chi connectivity index (χ2v) is 6.35. The maximum absolute atomic E-state index is 12.0. The lowest BCUT2D eigenvalue weighted by atomic mass is 10.1. The lowest BCUT2D eigenvalue weighted by Crippen LogP contribution is -2.17. The lowest BCUT2D eigenvalue weighted by molar-refractivity contribution is 0.159. The van der Waals surface area contributed by atoms with Gasteiger partial charge in [0.1, 0.15) is 17.1 Å². The van der Waals surface area contributed by atoms with Crippen LogP contribution in [-0.4, -0.2) is 34.6 Å². The zero-order valence-electron chi connectivity index (χ0n) is 16.1. The van der Waals surface area contributed by atoms with Crippen molar-refractivity contribution in [1.29, 1.82) is 0 Å². The molecule has 142 valence electrons. The summed E-state index contributed by atoms with van der Waals surface area (Å²) in [6.07, 6.45) is 1.29. The molecule has 1 aromatic carbocycles. The van der Waals surface area contributed by atoms with Crippen molar-refractivity contribution in [3.8, 4) is 11.6 Å². The molecule has 27 heavy (non-hydrogen) atoms. The van der Waals surface area contributed by atoms with E-state index in [1.165, 1.54) is 0 Å². The molecule has 1 amide bonds. The van der Waals surface area contributed by atoms with Crippen molar-refractivity contribution < 1.29 is 14.3 Å². The summed E-state index contributed by atoms with van der Waals surface area (Å²) in [6, 6.07) is 9.53. The zero-order valence-corrected chi connectivity index (χ0v) is 16.1. The minimum atomic E-state index is -0.500. The first-order valence-corrected chi connectivity index (χ1v) is 8.98. The zero-order chi connectivity index (χ0) is 19.4. The number of methoxy groups -OCH3 is 1. The number of para-hydroxylation sites is 1. The van der Waals surface area contributed by atoms with Gasteiger partial charge in [0.15, 0.2) is 5.82 Å². The number of carbonyl (C=O) groups excluding carboxylic acids is 1. The van der Waals surface area contributed by atoms with Crippen LogP contribution in [-0.2, 0) is 4.74 Å². The van der Waals surface area contributed by atoms with E-state index < -0.39 is 6.09 Å². The number of aromatic nitrogens is 3. The molecular weight excluding hydrogens is 344 g/mol. The van der Waals surface area contributed by atoms with Crippen molar-refractivity contribution in [3.63, 3.8) is 0 Å². The van der Waals surface area contributed by atoms with Gasteiger partial charge in [-0.25, -0.2) is 9.78 Å². The molecule has 0 bridgehead atoms. The number of ether oxygens (including phenoxy) is 2. The fourth-order valence-electron chi connectivity index (χ4n) is 2.86. The number of nitrogens with one attached hydrogen (secondary N) is 1. The van der Waals surface area contributed by atoms with E-state index in [-0.39, 0.29) is 0 Å². The van der Waals surface area contributed by atoms with Crippen LogP contribution in [0.25, 0.3) is 16.7 Å². The number of anilines is 1. The Bertz CT molecular complexity index is 965. The van der Waals surface area contributed by atoms with E-state index in [0.29, 0.717) is 24.0 Å². The second-order valence-electron chi connectivity index (χ2n) is 6.35. The number of hydrogen-bond acceptors (Lipinski definition) is 5. The molecule has 0 spiro atoms. The van der Waals surface area contributed by atoms with Crippen molar-refractivity contribution in [2.24, 2.45) is 0 Å². The number of benzene rings is 1. The average molecular weight is 368 g/mol. The molecule has 1 N–H and O–H groups in total. The molecule has 7 nitrogen and oxygen atoms in total. The molecule has 0 aliphatic carbocycles. The molecule has 0 unspecified atom stereocenters. The number of amides is 1. The van der Waals surface area contributed by atoms with Gasteiger partial charge >= 0.3 is 6.09 Å². The van der Waals surface area contributed by atoms with Gasteiger partial charge in [-0.05, 0) is 38.0 Å². The van der Waals surface area contributed by atoms with Gasteiger partial charge in [0, 0.05) is 11.5 Å². The minimum Gasteiger partial charge on any atom is -0.494 e. The topological polar surface area (TPSA) is 78.3 Å². The Balaban J connectivity index is 1.98. The third-order valence-corrected chi connectivity index (χ3v) is 4.23. The summed E-state index contributed by atoms with van der Waals surface area (Å²) in [7, 11) is 1.62. The highest BCUT2D eigenvalue weighted by molar-refractivity contribution is 5.88. The largest absolute Gasteiger partial charge is 0.494 e. The van der Waals surface area contributed by atoms with Crippen molar-refractivity contribution in [2.45, 2.75) is 33.6 Å². The quantitative estimate of drug-likeness (QED) is 0.653. The molecule has 0 saturated carbocycles. The Kier molecular flexibility index (Phi) is 5.59. The van der Waals surface area contributed by atoms with Gasteiger partial charge in [0.2, 0.25) is 0 Å². The Hall–Kier alpha value is -3.09. The number of rotatable bonds is 6. The Morgan fingerprint density at radius 1 is 1.26 bits per heavy atom. The average Bonchev–Trinajstić information content (AvgIpc) is 3.01. The lowest BCUT2D eigenvalue weighted by Gasteiger charge is -2.12. The predicted octanol–water partition coefficient (Wildman–Crippen LogP) is 4.39. The van der Waals surface area contributed by atoms with Crippen LogP contribution in [0.4, 0.5) is 10.6 Å². The Morgan fingerprint density at radius 2 is 2.07 bits per heavy atom. The summed E-state index contributed by atoms with van der Waals surface area (Å²) in [4.78, 5) is 16.8. The molecule has 0 atom stereocenters. The van der Waals surface area contributed by atoms with Crippen molar-refractivity contribution in [1.82, 2.24) is 14.8 Å². The van der Waals surface area contributed by atoms with Crippen LogP contribution in [0.1, 0.15) is 31.0 Å². The van der Waals surface area contributed by atoms with Gasteiger partial charge in [-0.2, -0.15) is 9.78 Å². The van der Waals surface area contributed by atoms with E-state index in [1.807, 2.05) is 45.0 Å². The maximum Gasteiger partial charge on any atom is 0.412 e.